The van der Waals surface area contributed by atoms with Gasteiger partial charge in [0.25, 0.3) is 10.0 Å². The number of benzene rings is 2. The van der Waals surface area contributed by atoms with Crippen molar-refractivity contribution in [3.63, 3.8) is 0 Å². The van der Waals surface area contributed by atoms with E-state index in [0.717, 1.165) is 9.87 Å². The van der Waals surface area contributed by atoms with Crippen LogP contribution in [0.2, 0.25) is 0 Å². The number of hydrogen-bond acceptors (Lipinski definition) is 6. The van der Waals surface area contributed by atoms with Gasteiger partial charge in [-0.3, -0.25) is 14.5 Å². The maximum atomic E-state index is 12.3. The summed E-state index contributed by atoms with van der Waals surface area (Å²) < 4.78 is 52.0. The fourth-order valence-corrected chi connectivity index (χ4v) is 5.21. The van der Waals surface area contributed by atoms with Crippen LogP contribution in [0.3, 0.4) is 0 Å². The van der Waals surface area contributed by atoms with Crippen molar-refractivity contribution in [2.45, 2.75) is 29.2 Å². The summed E-state index contributed by atoms with van der Waals surface area (Å²) in [5, 5.41) is 2.83. The third kappa shape index (κ3) is 4.94. The molecule has 11 heteroatoms. The Labute approximate surface area is 182 Å². The van der Waals surface area contributed by atoms with Crippen LogP contribution in [0.4, 0.5) is 0 Å². The van der Waals surface area contributed by atoms with Crippen molar-refractivity contribution in [1.82, 2.24) is 14.3 Å². The van der Waals surface area contributed by atoms with Crippen molar-refractivity contribution in [2.75, 3.05) is 20.6 Å². The maximum Gasteiger partial charge on any atom is 0.263 e. The number of sulfonamides is 2. The topological polar surface area (TPSA) is 125 Å². The van der Waals surface area contributed by atoms with Crippen LogP contribution in [0, 0.1) is 0 Å². The van der Waals surface area contributed by atoms with E-state index in [1.807, 2.05) is 0 Å². The number of carbonyl (C=O) groups excluding carboxylic acids is 1. The van der Waals surface area contributed by atoms with Crippen LogP contribution < -0.4 is 10.0 Å². The molecule has 166 valence electrons. The second-order valence-electron chi connectivity index (χ2n) is 7.23. The summed E-state index contributed by atoms with van der Waals surface area (Å²) in [7, 11) is -4.19. The molecule has 2 aromatic carbocycles. The summed E-state index contributed by atoms with van der Waals surface area (Å²) in [6.07, 6.45) is 0.0742. The molecule has 3 rings (SSSR count). The normalized spacial score (nSPS) is 17.2. The average molecular weight is 465 g/mol. The Morgan fingerprint density at radius 1 is 1.13 bits per heavy atom. The molecule has 0 spiro atoms. The van der Waals surface area contributed by atoms with E-state index in [2.05, 4.69) is 15.0 Å². The van der Waals surface area contributed by atoms with E-state index < -0.39 is 20.0 Å². The molecule has 9 nitrogen and oxygen atoms in total. The molecule has 0 saturated heterocycles. The van der Waals surface area contributed by atoms with Crippen molar-refractivity contribution in [2.24, 2.45) is 4.99 Å². The average Bonchev–Trinajstić information content (AvgIpc) is 2.98. The molecular formula is C20H24N4O5S2. The first-order chi connectivity index (χ1) is 14.5. The van der Waals surface area contributed by atoms with Crippen LogP contribution >= 0.6 is 0 Å². The van der Waals surface area contributed by atoms with Crippen LogP contribution in [0.5, 0.6) is 0 Å². The smallest absolute Gasteiger partial charge is 0.263 e. The zero-order valence-electron chi connectivity index (χ0n) is 17.4. The van der Waals surface area contributed by atoms with Crippen LogP contribution in [0.1, 0.15) is 30.5 Å². The highest BCUT2D eigenvalue weighted by atomic mass is 32.2. The Bertz CT molecular complexity index is 1220. The lowest BCUT2D eigenvalue weighted by molar-refractivity contribution is -0.121. The summed E-state index contributed by atoms with van der Waals surface area (Å²) >= 11 is 0. The summed E-state index contributed by atoms with van der Waals surface area (Å²) in [5.41, 5.74) is 1.25. The summed E-state index contributed by atoms with van der Waals surface area (Å²) in [6, 6.07) is 12.5. The minimum Gasteiger partial charge on any atom is -0.350 e. The Hall–Kier alpha value is -2.76. The fraction of sp³-hybridized carbons (Fsp3) is 0.300. The highest BCUT2D eigenvalue weighted by Gasteiger charge is 2.30. The zero-order chi connectivity index (χ0) is 22.8. The van der Waals surface area contributed by atoms with Crippen LogP contribution in [0.15, 0.2) is 63.3 Å². The van der Waals surface area contributed by atoms with E-state index in [1.165, 1.54) is 32.3 Å². The standard InChI is InChI=1S/C20H24N4O5S2/c1-14(15-8-10-16(11-9-15)31(28,29)24(2)3)22-19(25)12-13-21-20-17-6-4-5-7-18(17)30(26,27)23-20/h4-11,14H,12-13H2,1-3H3,(H,21,23)(H,22,25). The van der Waals surface area contributed by atoms with Gasteiger partial charge in [0.2, 0.25) is 15.9 Å². The quantitative estimate of drug-likeness (QED) is 0.638. The number of amidine groups is 1. The van der Waals surface area contributed by atoms with Gasteiger partial charge in [-0.25, -0.2) is 21.1 Å². The molecule has 1 atom stereocenters. The molecule has 0 aromatic heterocycles. The van der Waals surface area contributed by atoms with Gasteiger partial charge in [-0.2, -0.15) is 0 Å². The first-order valence-electron chi connectivity index (χ1n) is 9.51. The van der Waals surface area contributed by atoms with Crippen molar-refractivity contribution >= 4 is 31.8 Å². The predicted octanol–water partition coefficient (Wildman–Crippen LogP) is 1.24. The number of fused-ring (bicyclic) bond motifs is 1. The Kier molecular flexibility index (Phi) is 6.48. The molecular weight excluding hydrogens is 440 g/mol. The zero-order valence-corrected chi connectivity index (χ0v) is 19.0. The van der Waals surface area contributed by atoms with Gasteiger partial charge in [0.1, 0.15) is 5.84 Å². The number of rotatable bonds is 7. The van der Waals surface area contributed by atoms with Crippen LogP contribution in [0.25, 0.3) is 0 Å². The van der Waals surface area contributed by atoms with Gasteiger partial charge in [-0.15, -0.1) is 0 Å². The minimum atomic E-state index is -3.61. The minimum absolute atomic E-state index is 0.0742. The third-order valence-corrected chi connectivity index (χ3v) is 8.03. The third-order valence-electron chi connectivity index (χ3n) is 4.81. The number of nitrogens with one attached hydrogen (secondary N) is 2. The van der Waals surface area contributed by atoms with Crippen molar-refractivity contribution in [1.29, 1.82) is 0 Å². The van der Waals surface area contributed by atoms with Crippen LogP contribution in [-0.2, 0) is 24.8 Å². The van der Waals surface area contributed by atoms with Crippen molar-refractivity contribution in [3.8, 4) is 0 Å². The molecule has 1 heterocycles. The molecule has 0 radical (unpaired) electrons. The molecule has 0 bridgehead atoms. The lowest BCUT2D eigenvalue weighted by Gasteiger charge is -2.16. The summed E-state index contributed by atoms with van der Waals surface area (Å²) in [5.74, 6) is -0.0230. The molecule has 0 aliphatic carbocycles. The van der Waals surface area contributed by atoms with E-state index >= 15 is 0 Å². The number of nitrogens with zero attached hydrogens (tertiary/aromatic N) is 2. The molecule has 2 N–H and O–H groups in total. The monoisotopic (exact) mass is 464 g/mol. The van der Waals surface area contributed by atoms with Gasteiger partial charge in [0.15, 0.2) is 0 Å². The van der Waals surface area contributed by atoms with E-state index in [0.29, 0.717) is 5.56 Å². The highest BCUT2D eigenvalue weighted by molar-refractivity contribution is 7.90. The molecule has 0 saturated carbocycles. The number of carbonyl (C=O) groups is 1. The fourth-order valence-electron chi connectivity index (χ4n) is 3.06. The maximum absolute atomic E-state index is 12.3. The second kappa shape index (κ2) is 8.77. The molecule has 1 aliphatic rings. The number of aliphatic imine (C=N–C) groups is 1. The Balaban J connectivity index is 1.59. The van der Waals surface area contributed by atoms with E-state index in [1.54, 1.807) is 37.3 Å². The van der Waals surface area contributed by atoms with Crippen LogP contribution in [-0.4, -0.2) is 53.5 Å². The summed E-state index contributed by atoms with van der Waals surface area (Å²) in [4.78, 5) is 16.8. The lowest BCUT2D eigenvalue weighted by Crippen LogP contribution is -2.28. The highest BCUT2D eigenvalue weighted by Crippen LogP contribution is 2.22. The summed E-state index contributed by atoms with van der Waals surface area (Å²) in [6.45, 7) is 1.91. The lowest BCUT2D eigenvalue weighted by atomic mass is 10.1. The second-order valence-corrected chi connectivity index (χ2v) is 11.0. The van der Waals surface area contributed by atoms with E-state index in [-0.39, 0.29) is 40.5 Å². The Morgan fingerprint density at radius 2 is 1.77 bits per heavy atom. The number of hydrogen-bond donors (Lipinski definition) is 2. The SMILES string of the molecule is CC(NC(=O)CCN=C1NS(=O)(=O)c2ccccc21)c1ccc(S(=O)(=O)N(C)C)cc1. The van der Waals surface area contributed by atoms with Gasteiger partial charge < -0.3 is 5.32 Å². The molecule has 0 fully saturated rings. The van der Waals surface area contributed by atoms with Gasteiger partial charge in [0, 0.05) is 26.1 Å². The predicted molar refractivity (Wildman–Crippen MR) is 117 cm³/mol. The molecule has 1 unspecified atom stereocenters. The number of amides is 1. The molecule has 1 amide bonds. The van der Waals surface area contributed by atoms with E-state index in [9.17, 15) is 21.6 Å². The van der Waals surface area contributed by atoms with Crippen molar-refractivity contribution in [3.05, 3.63) is 59.7 Å². The molecule has 2 aromatic rings. The van der Waals surface area contributed by atoms with Gasteiger partial charge in [0.05, 0.1) is 22.4 Å². The van der Waals surface area contributed by atoms with E-state index in [4.69, 9.17) is 0 Å². The first-order valence-corrected chi connectivity index (χ1v) is 12.4. The largest absolute Gasteiger partial charge is 0.350 e. The molecule has 31 heavy (non-hydrogen) atoms. The van der Waals surface area contributed by atoms with Crippen molar-refractivity contribution < 1.29 is 21.6 Å². The van der Waals surface area contributed by atoms with Gasteiger partial charge in [-0.1, -0.05) is 24.3 Å². The van der Waals surface area contributed by atoms with Gasteiger partial charge >= 0.3 is 0 Å². The first kappa shape index (κ1) is 22.9. The molecule has 1 aliphatic heterocycles. The van der Waals surface area contributed by atoms with Gasteiger partial charge in [-0.05, 0) is 36.8 Å². The Morgan fingerprint density at radius 3 is 2.42 bits per heavy atom.